The van der Waals surface area contributed by atoms with Gasteiger partial charge in [0.15, 0.2) is 24.6 Å². The van der Waals surface area contributed by atoms with E-state index in [1.165, 1.54) is 57.8 Å². The maximum atomic E-state index is 13.2. The van der Waals surface area contributed by atoms with Crippen LogP contribution in [0.5, 0.6) is 0 Å². The van der Waals surface area contributed by atoms with Crippen LogP contribution >= 0.6 is 0 Å². The average Bonchev–Trinajstić information content (AvgIpc) is 3.44. The van der Waals surface area contributed by atoms with E-state index >= 15 is 0 Å². The maximum absolute atomic E-state index is 13.2. The molecule has 6 atom stereocenters. The summed E-state index contributed by atoms with van der Waals surface area (Å²) < 4.78 is 28.4. The highest BCUT2D eigenvalue weighted by molar-refractivity contribution is 5.74. The van der Waals surface area contributed by atoms with Gasteiger partial charge in [0.05, 0.1) is 6.61 Å². The van der Waals surface area contributed by atoms with Gasteiger partial charge in [-0.3, -0.25) is 14.4 Å². The van der Waals surface area contributed by atoms with Crippen molar-refractivity contribution in [2.45, 2.75) is 276 Å². The molecule has 1 saturated heterocycles. The maximum Gasteiger partial charge on any atom is 0.335 e. The Kier molecular flexibility index (Phi) is 49.5. The Balaban J connectivity index is 2.72. The zero-order valence-electron chi connectivity index (χ0n) is 49.3. The number of hydrogen-bond acceptors (Lipinski definition) is 11. The molecule has 1 aliphatic rings. The van der Waals surface area contributed by atoms with Gasteiger partial charge < -0.3 is 39.0 Å². The molecule has 0 aromatic carbocycles. The van der Waals surface area contributed by atoms with Gasteiger partial charge in [-0.15, -0.1) is 0 Å². The summed E-state index contributed by atoms with van der Waals surface area (Å²) in [4.78, 5) is 51.2. The van der Waals surface area contributed by atoms with Crippen LogP contribution in [-0.2, 0) is 42.9 Å². The minimum Gasteiger partial charge on any atom is -0.479 e. The molecule has 3 N–H and O–H groups in total. The van der Waals surface area contributed by atoms with Crippen molar-refractivity contribution in [2.75, 3.05) is 13.2 Å². The van der Waals surface area contributed by atoms with Gasteiger partial charge in [0.2, 0.25) is 0 Å². The van der Waals surface area contributed by atoms with Crippen LogP contribution in [0.3, 0.4) is 0 Å². The second-order valence-corrected chi connectivity index (χ2v) is 20.6. The summed E-state index contributed by atoms with van der Waals surface area (Å²) in [5.74, 6) is -3.22. The number of carbonyl (C=O) groups is 4. The first-order valence-corrected chi connectivity index (χ1v) is 30.9. The van der Waals surface area contributed by atoms with Crippen molar-refractivity contribution >= 4 is 23.9 Å². The first-order chi connectivity index (χ1) is 38.6. The minimum absolute atomic E-state index is 0.0166. The van der Waals surface area contributed by atoms with Crippen molar-refractivity contribution in [3.63, 3.8) is 0 Å². The molecule has 0 aromatic heterocycles. The van der Waals surface area contributed by atoms with Gasteiger partial charge >= 0.3 is 23.9 Å². The van der Waals surface area contributed by atoms with E-state index in [9.17, 15) is 34.5 Å². The number of allylic oxidation sites excluding steroid dienone is 18. The van der Waals surface area contributed by atoms with Crippen molar-refractivity contribution in [1.82, 2.24) is 0 Å². The lowest BCUT2D eigenvalue weighted by Crippen LogP contribution is -2.61. The minimum atomic E-state index is -1.92. The number of rotatable bonds is 51. The van der Waals surface area contributed by atoms with E-state index in [1.54, 1.807) is 0 Å². The third-order valence-corrected chi connectivity index (χ3v) is 13.3. The molecule has 0 spiro atoms. The highest BCUT2D eigenvalue weighted by atomic mass is 16.7. The molecule has 0 aliphatic carbocycles. The lowest BCUT2D eigenvalue weighted by atomic mass is 9.98. The van der Waals surface area contributed by atoms with Crippen LogP contribution in [0.15, 0.2) is 109 Å². The van der Waals surface area contributed by atoms with Crippen LogP contribution in [0.25, 0.3) is 0 Å². The van der Waals surface area contributed by atoms with Crippen molar-refractivity contribution in [3.05, 3.63) is 109 Å². The number of aliphatic hydroxyl groups is 2. The Hall–Kier alpha value is -4.62. The van der Waals surface area contributed by atoms with E-state index < -0.39 is 67.3 Å². The summed E-state index contributed by atoms with van der Waals surface area (Å²) in [5.41, 5.74) is 0. The summed E-state index contributed by atoms with van der Waals surface area (Å²) >= 11 is 0. The quantitative estimate of drug-likeness (QED) is 0.0228. The van der Waals surface area contributed by atoms with Crippen molar-refractivity contribution in [1.29, 1.82) is 0 Å². The number of esters is 3. The smallest absolute Gasteiger partial charge is 0.335 e. The molecule has 1 aliphatic heterocycles. The fraction of sp³-hybridized carbons (Fsp3) is 0.672. The molecule has 1 fully saturated rings. The van der Waals surface area contributed by atoms with Crippen LogP contribution in [0, 0.1) is 0 Å². The molecule has 0 bridgehead atoms. The highest BCUT2D eigenvalue weighted by Gasteiger charge is 2.50. The number of carboxylic acid groups (broad SMARTS) is 1. The Bertz CT molecular complexity index is 1790. The van der Waals surface area contributed by atoms with Gasteiger partial charge in [0.1, 0.15) is 18.8 Å². The lowest BCUT2D eigenvalue weighted by molar-refractivity contribution is -0.301. The standard InChI is InChI=1S/C67H108O12/c1-4-7-10-13-16-19-22-25-27-29-30-32-33-36-38-41-44-47-50-53-59(68)75-56-58(77-60(69)54-51-48-45-42-40-37-34-31-28-26-23-20-17-14-11-8-5-2)57-76-67-65(63(72)62(71)64(79-67)66(73)74)78-61(70)55-52-49-46-43-39-35-24-21-18-15-12-9-6-3/h7,9-10,12,16,18-19,21,25-28,30,32,35-36,38-39,58,62-65,67,71-72H,4-6,8,11,13-15,17,20,22-24,29,31,33-34,37,40-57H2,1-3H3,(H,73,74)/b10-7-,12-9-,19-16-,21-18-,27-25-,28-26-,32-30-,38-36-,39-35-. The molecule has 12 nitrogen and oxygen atoms in total. The van der Waals surface area contributed by atoms with E-state index in [0.29, 0.717) is 19.3 Å². The lowest BCUT2D eigenvalue weighted by Gasteiger charge is -2.40. The van der Waals surface area contributed by atoms with Crippen LogP contribution in [0.1, 0.15) is 239 Å². The first-order valence-electron chi connectivity index (χ1n) is 30.9. The molecule has 79 heavy (non-hydrogen) atoms. The van der Waals surface area contributed by atoms with Crippen LogP contribution in [0.2, 0.25) is 0 Å². The molecule has 0 saturated carbocycles. The number of carbonyl (C=O) groups excluding carboxylic acids is 3. The Morgan fingerprint density at radius 3 is 1.24 bits per heavy atom. The number of hydrogen-bond donors (Lipinski definition) is 3. The van der Waals surface area contributed by atoms with Gasteiger partial charge in [0, 0.05) is 19.3 Å². The molecule has 0 amide bonds. The molecule has 6 unspecified atom stereocenters. The summed E-state index contributed by atoms with van der Waals surface area (Å²) in [5, 5.41) is 31.5. The zero-order valence-corrected chi connectivity index (χ0v) is 49.3. The van der Waals surface area contributed by atoms with Gasteiger partial charge in [-0.2, -0.15) is 0 Å². The molecule has 0 radical (unpaired) electrons. The third-order valence-electron chi connectivity index (χ3n) is 13.3. The second kappa shape index (κ2) is 54.0. The number of aliphatic hydroxyl groups excluding tert-OH is 2. The summed E-state index contributed by atoms with van der Waals surface area (Å²) in [6, 6.07) is 0. The van der Waals surface area contributed by atoms with Gasteiger partial charge in [0.25, 0.3) is 0 Å². The van der Waals surface area contributed by atoms with E-state index in [4.69, 9.17) is 23.7 Å². The largest absolute Gasteiger partial charge is 0.479 e. The zero-order chi connectivity index (χ0) is 57.5. The summed E-state index contributed by atoms with van der Waals surface area (Å²) in [6.07, 6.45) is 60.6. The summed E-state index contributed by atoms with van der Waals surface area (Å²) in [6.45, 7) is 5.71. The van der Waals surface area contributed by atoms with E-state index in [2.05, 4.69) is 130 Å². The highest BCUT2D eigenvalue weighted by Crippen LogP contribution is 2.26. The van der Waals surface area contributed by atoms with Crippen molar-refractivity contribution in [3.8, 4) is 0 Å². The van der Waals surface area contributed by atoms with Crippen molar-refractivity contribution < 1.29 is 58.2 Å². The molecule has 12 heteroatoms. The van der Waals surface area contributed by atoms with Gasteiger partial charge in [-0.25, -0.2) is 4.79 Å². The second-order valence-electron chi connectivity index (χ2n) is 20.6. The Morgan fingerprint density at radius 1 is 0.430 bits per heavy atom. The van der Waals surface area contributed by atoms with Crippen LogP contribution in [-0.4, -0.2) is 89.2 Å². The van der Waals surface area contributed by atoms with E-state index in [0.717, 1.165) is 122 Å². The SMILES string of the molecule is CC/C=C\C/C=C\C/C=C\C/C=C\C/C=C\CCCCCC(=O)OCC(COC1OC(C(=O)O)C(O)C(O)C1OC(=O)CCCCC/C=C\C/C=C\C/C=C\CC)OC(=O)CCCCCCCCC/C=C\CCCCCCCC. The van der Waals surface area contributed by atoms with E-state index in [1.807, 2.05) is 0 Å². The normalized spacial score (nSPS) is 18.6. The van der Waals surface area contributed by atoms with Crippen LogP contribution in [0.4, 0.5) is 0 Å². The third kappa shape index (κ3) is 43.8. The number of ether oxygens (including phenoxy) is 5. The molecule has 1 rings (SSSR count). The number of unbranched alkanes of at least 4 members (excludes halogenated alkanes) is 19. The predicted octanol–water partition coefficient (Wildman–Crippen LogP) is 16.2. The Labute approximate surface area is 478 Å². The molecule has 0 aromatic rings. The first kappa shape index (κ1) is 72.4. The Morgan fingerprint density at radius 2 is 0.797 bits per heavy atom. The van der Waals surface area contributed by atoms with Gasteiger partial charge in [-0.1, -0.05) is 207 Å². The fourth-order valence-corrected chi connectivity index (χ4v) is 8.64. The summed E-state index contributed by atoms with van der Waals surface area (Å²) in [7, 11) is 0. The fourth-order valence-electron chi connectivity index (χ4n) is 8.64. The molecular weight excluding hydrogens is 997 g/mol. The number of aliphatic carboxylic acids is 1. The number of carboxylic acids is 1. The monoisotopic (exact) mass is 1100 g/mol. The van der Waals surface area contributed by atoms with Crippen LogP contribution < -0.4 is 0 Å². The van der Waals surface area contributed by atoms with Crippen molar-refractivity contribution in [2.24, 2.45) is 0 Å². The average molecular weight is 1110 g/mol. The topological polar surface area (TPSA) is 175 Å². The molecular formula is C67H108O12. The van der Waals surface area contributed by atoms with E-state index in [-0.39, 0.29) is 25.9 Å². The van der Waals surface area contributed by atoms with Gasteiger partial charge in [-0.05, 0) is 122 Å². The predicted molar refractivity (Wildman–Crippen MR) is 321 cm³/mol. The molecule has 448 valence electrons. The molecule has 1 heterocycles.